The highest BCUT2D eigenvalue weighted by atomic mass is 35.5. The average molecular weight is 317 g/mol. The number of nitrogens with two attached hydrogens (primary N) is 1. The Morgan fingerprint density at radius 1 is 0.850 bits per heavy atom. The van der Waals surface area contributed by atoms with E-state index in [1.807, 2.05) is 0 Å². The van der Waals surface area contributed by atoms with Gasteiger partial charge in [-0.25, -0.2) is 0 Å². The Morgan fingerprint density at radius 3 is 1.50 bits per heavy atom. The highest BCUT2D eigenvalue weighted by molar-refractivity contribution is 6.30. The van der Waals surface area contributed by atoms with E-state index in [0.29, 0.717) is 5.02 Å². The fraction of sp³-hybridized carbons (Fsp3) is 0.143. The molecule has 0 aliphatic rings. The van der Waals surface area contributed by atoms with Gasteiger partial charge in [0.2, 0.25) is 0 Å². The molecule has 2 N–H and O–H groups in total. The van der Waals surface area contributed by atoms with Gasteiger partial charge in [0.25, 0.3) is 5.69 Å². The van der Waals surface area contributed by atoms with Gasteiger partial charge in [-0.3, -0.25) is 10.1 Å². The number of nitro benzene ring substituents is 1. The average Bonchev–Trinajstić information content (AvgIpc) is 2.34. The van der Waals surface area contributed by atoms with E-state index in [1.165, 1.54) is 24.3 Å². The minimum atomic E-state index is -0.462. The van der Waals surface area contributed by atoms with Crippen LogP contribution >= 0.6 is 23.2 Å². The van der Waals surface area contributed by atoms with E-state index < -0.39 is 4.92 Å². The van der Waals surface area contributed by atoms with E-state index in [9.17, 15) is 10.1 Å². The third-order valence-corrected chi connectivity index (χ3v) is 2.41. The SMILES string of the molecule is C.C.Nc1ccc(Cl)cc1.O=[N+]([O-])c1ccc(Cl)cc1. The lowest BCUT2D eigenvalue weighted by Gasteiger charge is -1.88. The van der Waals surface area contributed by atoms with E-state index in [2.05, 4.69) is 0 Å². The maximum atomic E-state index is 10.1. The van der Waals surface area contributed by atoms with Crippen LogP contribution in [-0.2, 0) is 0 Å². The summed E-state index contributed by atoms with van der Waals surface area (Å²) in [7, 11) is 0. The Bertz CT molecular complexity index is 493. The Morgan fingerprint density at radius 2 is 1.20 bits per heavy atom. The molecule has 0 bridgehead atoms. The molecule has 4 nitrogen and oxygen atoms in total. The Balaban J connectivity index is 0. The first-order valence-corrected chi connectivity index (χ1v) is 5.65. The first-order valence-electron chi connectivity index (χ1n) is 4.90. The molecule has 0 aromatic heterocycles. The Kier molecular flexibility index (Phi) is 10.3. The van der Waals surface area contributed by atoms with Gasteiger partial charge in [0.05, 0.1) is 4.92 Å². The fourth-order valence-corrected chi connectivity index (χ4v) is 1.28. The summed E-state index contributed by atoms with van der Waals surface area (Å²) in [6.07, 6.45) is 0. The van der Waals surface area contributed by atoms with Crippen LogP contribution in [0.15, 0.2) is 48.5 Å². The van der Waals surface area contributed by atoms with Crippen LogP contribution in [0.2, 0.25) is 10.0 Å². The molecule has 0 heterocycles. The van der Waals surface area contributed by atoms with Crippen LogP contribution in [-0.4, -0.2) is 4.92 Å². The van der Waals surface area contributed by atoms with Gasteiger partial charge in [0, 0.05) is 27.9 Å². The summed E-state index contributed by atoms with van der Waals surface area (Å²) in [6, 6.07) is 12.8. The van der Waals surface area contributed by atoms with Crippen molar-refractivity contribution in [2.45, 2.75) is 14.9 Å². The molecule has 0 radical (unpaired) electrons. The lowest BCUT2D eigenvalue weighted by Crippen LogP contribution is -1.85. The maximum absolute atomic E-state index is 10.1. The van der Waals surface area contributed by atoms with Gasteiger partial charge in [-0.2, -0.15) is 0 Å². The lowest BCUT2D eigenvalue weighted by molar-refractivity contribution is -0.384. The highest BCUT2D eigenvalue weighted by Gasteiger charge is 2.01. The summed E-state index contributed by atoms with van der Waals surface area (Å²) < 4.78 is 0. The normalized spacial score (nSPS) is 8.30. The largest absolute Gasteiger partial charge is 0.399 e. The molecule has 6 heteroatoms. The van der Waals surface area contributed by atoms with Crippen molar-refractivity contribution >= 4 is 34.6 Å². The van der Waals surface area contributed by atoms with E-state index in [0.717, 1.165) is 10.7 Å². The van der Waals surface area contributed by atoms with Gasteiger partial charge in [-0.05, 0) is 36.4 Å². The molecule has 110 valence electrons. The predicted molar refractivity (Wildman–Crippen MR) is 87.4 cm³/mol. The number of hydrogen-bond donors (Lipinski definition) is 1. The number of anilines is 1. The van der Waals surface area contributed by atoms with Gasteiger partial charge in [-0.1, -0.05) is 38.1 Å². The number of benzene rings is 2. The highest BCUT2D eigenvalue weighted by Crippen LogP contribution is 2.14. The van der Waals surface area contributed by atoms with Crippen molar-refractivity contribution in [3.63, 3.8) is 0 Å². The molecule has 2 aromatic rings. The molecule has 0 atom stereocenters. The molecule has 20 heavy (non-hydrogen) atoms. The minimum absolute atomic E-state index is 0. The van der Waals surface area contributed by atoms with Crippen molar-refractivity contribution in [1.82, 2.24) is 0 Å². The smallest absolute Gasteiger partial charge is 0.269 e. The lowest BCUT2D eigenvalue weighted by atomic mass is 10.3. The monoisotopic (exact) mass is 316 g/mol. The zero-order valence-electron chi connectivity index (χ0n) is 9.22. The first-order chi connectivity index (χ1) is 8.49. The molecule has 0 aliphatic heterocycles. The topological polar surface area (TPSA) is 69.2 Å². The van der Waals surface area contributed by atoms with Crippen LogP contribution in [0.25, 0.3) is 0 Å². The molecular formula is C14H18Cl2N2O2. The molecule has 0 saturated heterocycles. The fourth-order valence-electron chi connectivity index (χ4n) is 1.03. The Hall–Kier alpha value is -1.78. The van der Waals surface area contributed by atoms with Crippen LogP contribution < -0.4 is 5.73 Å². The number of rotatable bonds is 1. The first kappa shape index (κ1) is 20.5. The van der Waals surface area contributed by atoms with Crippen LogP contribution in [0.5, 0.6) is 0 Å². The summed E-state index contributed by atoms with van der Waals surface area (Å²) in [4.78, 5) is 9.61. The second kappa shape index (κ2) is 10.1. The zero-order chi connectivity index (χ0) is 13.5. The summed E-state index contributed by atoms with van der Waals surface area (Å²) in [5.74, 6) is 0. The summed E-state index contributed by atoms with van der Waals surface area (Å²) in [5, 5.41) is 11.3. The molecule has 0 unspecified atom stereocenters. The van der Waals surface area contributed by atoms with Crippen molar-refractivity contribution in [3.8, 4) is 0 Å². The standard InChI is InChI=1S/C6H4ClNO2.C6H6ClN.2CH4/c7-5-1-3-6(4-2-5)8(9)10;7-5-1-3-6(8)4-2-5;;/h1-4H;1-4H,8H2;2*1H4. The molecule has 0 spiro atoms. The van der Waals surface area contributed by atoms with Crippen LogP contribution in [0.4, 0.5) is 11.4 Å². The molecule has 0 amide bonds. The molecule has 0 fully saturated rings. The number of non-ortho nitro benzene ring substituents is 1. The van der Waals surface area contributed by atoms with Gasteiger partial charge in [0.15, 0.2) is 0 Å². The second-order valence-electron chi connectivity index (χ2n) is 3.29. The van der Waals surface area contributed by atoms with Crippen molar-refractivity contribution in [3.05, 3.63) is 68.7 Å². The van der Waals surface area contributed by atoms with Crippen molar-refractivity contribution in [1.29, 1.82) is 0 Å². The maximum Gasteiger partial charge on any atom is 0.269 e. The van der Waals surface area contributed by atoms with Crippen molar-refractivity contribution in [2.75, 3.05) is 5.73 Å². The van der Waals surface area contributed by atoms with Gasteiger partial charge in [0.1, 0.15) is 0 Å². The Labute approximate surface area is 129 Å². The summed E-state index contributed by atoms with van der Waals surface area (Å²) in [6.45, 7) is 0. The van der Waals surface area contributed by atoms with Crippen LogP contribution in [0, 0.1) is 10.1 Å². The molecule has 2 rings (SSSR count). The third kappa shape index (κ3) is 7.61. The molecular weight excluding hydrogens is 299 g/mol. The van der Waals surface area contributed by atoms with E-state index in [1.54, 1.807) is 24.3 Å². The summed E-state index contributed by atoms with van der Waals surface area (Å²) in [5.41, 5.74) is 6.17. The predicted octanol–water partition coefficient (Wildman–Crippen LogP) is 5.44. The van der Waals surface area contributed by atoms with E-state index in [4.69, 9.17) is 28.9 Å². The van der Waals surface area contributed by atoms with Crippen molar-refractivity contribution in [2.24, 2.45) is 0 Å². The second-order valence-corrected chi connectivity index (χ2v) is 4.16. The summed E-state index contributed by atoms with van der Waals surface area (Å²) >= 11 is 11.0. The molecule has 2 aromatic carbocycles. The molecule has 0 aliphatic carbocycles. The number of nitrogen functional groups attached to an aromatic ring is 1. The third-order valence-electron chi connectivity index (χ3n) is 1.91. The van der Waals surface area contributed by atoms with E-state index in [-0.39, 0.29) is 20.5 Å². The molecule has 0 saturated carbocycles. The van der Waals surface area contributed by atoms with Crippen LogP contribution in [0.1, 0.15) is 14.9 Å². The van der Waals surface area contributed by atoms with Crippen molar-refractivity contribution < 1.29 is 4.92 Å². The minimum Gasteiger partial charge on any atom is -0.399 e. The van der Waals surface area contributed by atoms with Crippen LogP contribution in [0.3, 0.4) is 0 Å². The number of halogens is 2. The zero-order valence-corrected chi connectivity index (χ0v) is 10.7. The number of nitrogens with zero attached hydrogens (tertiary/aromatic N) is 1. The van der Waals surface area contributed by atoms with Gasteiger partial charge >= 0.3 is 0 Å². The van der Waals surface area contributed by atoms with Gasteiger partial charge in [-0.15, -0.1) is 0 Å². The number of nitro groups is 1. The van der Waals surface area contributed by atoms with Gasteiger partial charge < -0.3 is 5.73 Å². The number of hydrogen-bond acceptors (Lipinski definition) is 3. The van der Waals surface area contributed by atoms with E-state index >= 15 is 0 Å². The quantitative estimate of drug-likeness (QED) is 0.432.